The molecule has 2 aromatic carbocycles. The highest BCUT2D eigenvalue weighted by Gasteiger charge is 2.28. The fourth-order valence-corrected chi connectivity index (χ4v) is 3.83. The number of hydrogen-bond acceptors (Lipinski definition) is 4. The van der Waals surface area contributed by atoms with Gasteiger partial charge in [0.15, 0.2) is 0 Å². The molecule has 0 fully saturated rings. The molecule has 0 radical (unpaired) electrons. The van der Waals surface area contributed by atoms with E-state index >= 15 is 0 Å². The average Bonchev–Trinajstić information content (AvgIpc) is 2.80. The number of aliphatic hydroxyl groups is 1. The van der Waals surface area contributed by atoms with E-state index in [4.69, 9.17) is 9.84 Å². The number of carbonyl (C=O) groups is 1. The van der Waals surface area contributed by atoms with Gasteiger partial charge in [-0.3, -0.25) is 0 Å². The van der Waals surface area contributed by atoms with Crippen molar-refractivity contribution in [2.45, 2.75) is 53.1 Å². The SMILES string of the molecule is Cc1ccc(-c2c(OCC(C)C)ccc([C@@H](O)C#Cc3ccc(C(=O)O)cn3)c2C(C)(C)C)cc1. The van der Waals surface area contributed by atoms with Crippen LogP contribution in [0.3, 0.4) is 0 Å². The molecule has 3 rings (SSSR count). The van der Waals surface area contributed by atoms with E-state index in [0.717, 1.165) is 22.4 Å². The largest absolute Gasteiger partial charge is 0.493 e. The zero-order valence-electron chi connectivity index (χ0n) is 21.2. The van der Waals surface area contributed by atoms with E-state index in [-0.39, 0.29) is 11.0 Å². The Morgan fingerprint density at radius 2 is 1.74 bits per heavy atom. The summed E-state index contributed by atoms with van der Waals surface area (Å²) in [5, 5.41) is 20.2. The number of aromatic nitrogens is 1. The molecule has 35 heavy (non-hydrogen) atoms. The molecule has 5 heteroatoms. The van der Waals surface area contributed by atoms with Gasteiger partial charge in [0.05, 0.1) is 12.2 Å². The summed E-state index contributed by atoms with van der Waals surface area (Å²) >= 11 is 0. The zero-order chi connectivity index (χ0) is 25.8. The second kappa shape index (κ2) is 10.8. The van der Waals surface area contributed by atoms with Crippen LogP contribution in [-0.4, -0.2) is 27.8 Å². The summed E-state index contributed by atoms with van der Waals surface area (Å²) in [5.41, 5.74) is 4.99. The number of rotatable bonds is 6. The summed E-state index contributed by atoms with van der Waals surface area (Å²) in [6.07, 6.45) is 0.198. The van der Waals surface area contributed by atoms with Gasteiger partial charge in [-0.25, -0.2) is 9.78 Å². The molecule has 0 aliphatic carbocycles. The first-order valence-corrected chi connectivity index (χ1v) is 11.7. The van der Waals surface area contributed by atoms with Crippen molar-refractivity contribution in [2.75, 3.05) is 6.61 Å². The summed E-state index contributed by atoms with van der Waals surface area (Å²) in [6.45, 7) is 13.2. The van der Waals surface area contributed by atoms with Crippen LogP contribution >= 0.6 is 0 Å². The second-order valence-corrected chi connectivity index (χ2v) is 10.1. The second-order valence-electron chi connectivity index (χ2n) is 10.1. The van der Waals surface area contributed by atoms with Gasteiger partial charge in [0, 0.05) is 11.8 Å². The van der Waals surface area contributed by atoms with E-state index in [9.17, 15) is 9.90 Å². The molecule has 1 aromatic heterocycles. The lowest BCUT2D eigenvalue weighted by Crippen LogP contribution is -2.19. The Kier molecular flexibility index (Phi) is 7.99. The van der Waals surface area contributed by atoms with E-state index in [2.05, 4.69) is 82.6 Å². The third-order valence-corrected chi connectivity index (χ3v) is 5.50. The summed E-state index contributed by atoms with van der Waals surface area (Å²) in [6, 6.07) is 15.1. The average molecular weight is 472 g/mol. The highest BCUT2D eigenvalue weighted by molar-refractivity contribution is 5.87. The molecule has 0 saturated carbocycles. The van der Waals surface area contributed by atoms with E-state index in [1.165, 1.54) is 23.9 Å². The lowest BCUT2D eigenvalue weighted by atomic mass is 9.77. The monoisotopic (exact) mass is 471 g/mol. The van der Waals surface area contributed by atoms with Crippen LogP contribution in [0.25, 0.3) is 11.1 Å². The maximum Gasteiger partial charge on any atom is 0.337 e. The van der Waals surface area contributed by atoms with Gasteiger partial charge < -0.3 is 14.9 Å². The maximum atomic E-state index is 11.2. The molecular formula is C30H33NO4. The lowest BCUT2D eigenvalue weighted by Gasteiger charge is -2.29. The molecule has 182 valence electrons. The van der Waals surface area contributed by atoms with Crippen molar-refractivity contribution in [1.29, 1.82) is 0 Å². The van der Waals surface area contributed by atoms with Crippen molar-refractivity contribution in [2.24, 2.45) is 5.92 Å². The van der Waals surface area contributed by atoms with E-state index < -0.39 is 12.1 Å². The molecule has 3 aromatic rings. The molecule has 2 N–H and O–H groups in total. The Morgan fingerprint density at radius 3 is 2.29 bits per heavy atom. The van der Waals surface area contributed by atoms with Crippen LogP contribution in [0.4, 0.5) is 0 Å². The van der Waals surface area contributed by atoms with E-state index in [1.54, 1.807) is 0 Å². The normalized spacial score (nSPS) is 12.1. The van der Waals surface area contributed by atoms with Crippen LogP contribution in [0.5, 0.6) is 5.75 Å². The third-order valence-electron chi connectivity index (χ3n) is 5.50. The van der Waals surface area contributed by atoms with Gasteiger partial charge in [-0.2, -0.15) is 0 Å². The van der Waals surface area contributed by atoms with E-state index in [1.807, 2.05) is 12.1 Å². The molecule has 0 spiro atoms. The van der Waals surface area contributed by atoms with Gasteiger partial charge in [-0.15, -0.1) is 0 Å². The smallest absolute Gasteiger partial charge is 0.337 e. The number of nitrogens with zero attached hydrogens (tertiary/aromatic N) is 1. The van der Waals surface area contributed by atoms with Crippen LogP contribution in [-0.2, 0) is 5.41 Å². The molecule has 0 aliphatic rings. The number of carboxylic acids is 1. The van der Waals surface area contributed by atoms with Gasteiger partial charge >= 0.3 is 5.97 Å². The standard InChI is InChI=1S/C30H33NO4/c1-19(2)18-35-26-16-14-24(25(32)15-13-23-12-11-22(17-31-23)29(33)34)28(30(4,5)6)27(26)21-9-7-20(3)8-10-21/h7-12,14,16-17,19,25,32H,18H2,1-6H3,(H,33,34)/t25-/m0/s1. The first kappa shape index (κ1) is 26.0. The Morgan fingerprint density at radius 1 is 1.06 bits per heavy atom. The minimum absolute atomic E-state index is 0.0887. The van der Waals surface area contributed by atoms with Crippen LogP contribution in [0, 0.1) is 24.7 Å². The lowest BCUT2D eigenvalue weighted by molar-refractivity contribution is 0.0696. The number of benzene rings is 2. The molecule has 0 aliphatic heterocycles. The Balaban J connectivity index is 2.13. The molecule has 0 bridgehead atoms. The molecule has 5 nitrogen and oxygen atoms in total. The van der Waals surface area contributed by atoms with Crippen molar-refractivity contribution in [1.82, 2.24) is 4.98 Å². The number of ether oxygens (including phenoxy) is 1. The first-order valence-electron chi connectivity index (χ1n) is 11.7. The number of pyridine rings is 1. The van der Waals surface area contributed by atoms with Gasteiger partial charge in [-0.05, 0) is 59.1 Å². The Bertz CT molecular complexity index is 1240. The van der Waals surface area contributed by atoms with Crippen molar-refractivity contribution in [3.63, 3.8) is 0 Å². The number of aryl methyl sites for hydroxylation is 1. The number of aliphatic hydroxyl groups excluding tert-OH is 1. The zero-order valence-corrected chi connectivity index (χ0v) is 21.2. The van der Waals surface area contributed by atoms with Crippen LogP contribution < -0.4 is 4.74 Å². The predicted octanol–water partition coefficient (Wildman–Crippen LogP) is 6.17. The van der Waals surface area contributed by atoms with Crippen LogP contribution in [0.1, 0.15) is 73.5 Å². The molecule has 1 atom stereocenters. The topological polar surface area (TPSA) is 79.7 Å². The number of carboxylic acid groups (broad SMARTS) is 1. The fraction of sp³-hybridized carbons (Fsp3) is 0.333. The molecule has 1 heterocycles. The summed E-state index contributed by atoms with van der Waals surface area (Å²) in [7, 11) is 0. The van der Waals surface area contributed by atoms with Crippen LogP contribution in [0.2, 0.25) is 0 Å². The number of aromatic carboxylic acids is 1. The quantitative estimate of drug-likeness (QED) is 0.420. The van der Waals surface area contributed by atoms with Gasteiger partial charge in [0.1, 0.15) is 17.5 Å². The molecule has 0 amide bonds. The number of hydrogen-bond donors (Lipinski definition) is 2. The van der Waals surface area contributed by atoms with Crippen molar-refractivity contribution in [3.05, 3.63) is 82.7 Å². The Labute approximate surface area is 207 Å². The highest BCUT2D eigenvalue weighted by atomic mass is 16.5. The van der Waals surface area contributed by atoms with Crippen molar-refractivity contribution >= 4 is 5.97 Å². The van der Waals surface area contributed by atoms with Crippen molar-refractivity contribution in [3.8, 4) is 28.7 Å². The van der Waals surface area contributed by atoms with Crippen molar-refractivity contribution < 1.29 is 19.7 Å². The van der Waals surface area contributed by atoms with Gasteiger partial charge in [0.2, 0.25) is 0 Å². The highest BCUT2D eigenvalue weighted by Crippen LogP contribution is 2.43. The first-order chi connectivity index (χ1) is 16.5. The van der Waals surface area contributed by atoms with Crippen LogP contribution in [0.15, 0.2) is 54.7 Å². The summed E-state index contributed by atoms with van der Waals surface area (Å²) < 4.78 is 6.24. The molecule has 0 unspecified atom stereocenters. The maximum absolute atomic E-state index is 11.2. The Hall–Kier alpha value is -3.62. The van der Waals surface area contributed by atoms with E-state index in [0.29, 0.717) is 23.8 Å². The fourth-order valence-electron chi connectivity index (χ4n) is 3.83. The molecular weight excluding hydrogens is 438 g/mol. The summed E-state index contributed by atoms with van der Waals surface area (Å²) in [5.74, 6) is 5.87. The summed E-state index contributed by atoms with van der Waals surface area (Å²) in [4.78, 5) is 15.1. The van der Waals surface area contributed by atoms with Gasteiger partial charge in [-0.1, -0.05) is 76.4 Å². The van der Waals surface area contributed by atoms with Gasteiger partial charge in [0.25, 0.3) is 0 Å². The molecule has 0 saturated heterocycles. The third kappa shape index (κ3) is 6.49. The minimum Gasteiger partial charge on any atom is -0.493 e. The predicted molar refractivity (Wildman–Crippen MR) is 139 cm³/mol. The minimum atomic E-state index is -1.06.